The first-order valence-electron chi connectivity index (χ1n) is 9.65. The molecular formula is C20H32N2O4. The van der Waals surface area contributed by atoms with Gasteiger partial charge in [0.1, 0.15) is 0 Å². The maximum Gasteiger partial charge on any atom is 0.317 e. The average Bonchev–Trinajstić information content (AvgIpc) is 2.64. The van der Waals surface area contributed by atoms with Crippen LogP contribution in [-0.2, 0) is 4.74 Å². The maximum absolute atomic E-state index is 12.5. The first kappa shape index (κ1) is 20.4. The molecule has 26 heavy (non-hydrogen) atoms. The van der Waals surface area contributed by atoms with Gasteiger partial charge in [0, 0.05) is 19.7 Å². The molecule has 0 aliphatic carbocycles. The van der Waals surface area contributed by atoms with E-state index in [4.69, 9.17) is 14.2 Å². The first-order chi connectivity index (χ1) is 12.6. The molecule has 1 aliphatic rings. The number of hydrogen-bond donors (Lipinski definition) is 1. The molecule has 0 bridgehead atoms. The average molecular weight is 364 g/mol. The summed E-state index contributed by atoms with van der Waals surface area (Å²) in [6, 6.07) is 5.68. The Morgan fingerprint density at radius 1 is 1.12 bits per heavy atom. The van der Waals surface area contributed by atoms with Crippen molar-refractivity contribution in [3.05, 3.63) is 23.8 Å². The Hall–Kier alpha value is -1.95. The van der Waals surface area contributed by atoms with Crippen molar-refractivity contribution < 1.29 is 19.0 Å². The van der Waals surface area contributed by atoms with Gasteiger partial charge in [0.2, 0.25) is 0 Å². The minimum Gasteiger partial charge on any atom is -0.490 e. The van der Waals surface area contributed by atoms with Crippen molar-refractivity contribution >= 4 is 6.03 Å². The molecule has 1 unspecified atom stereocenters. The number of benzene rings is 1. The van der Waals surface area contributed by atoms with Gasteiger partial charge in [0.05, 0.1) is 25.4 Å². The van der Waals surface area contributed by atoms with Gasteiger partial charge in [-0.15, -0.1) is 0 Å². The van der Waals surface area contributed by atoms with Crippen LogP contribution in [0.5, 0.6) is 11.5 Å². The highest BCUT2D eigenvalue weighted by Crippen LogP contribution is 2.30. The summed E-state index contributed by atoms with van der Waals surface area (Å²) < 4.78 is 16.9. The number of carbonyl (C=O) groups excluding carboxylic acids is 1. The largest absolute Gasteiger partial charge is 0.490 e. The molecule has 1 saturated heterocycles. The molecule has 1 N–H and O–H groups in total. The normalized spacial score (nSPS) is 16.2. The van der Waals surface area contributed by atoms with E-state index < -0.39 is 0 Å². The molecule has 0 aromatic heterocycles. The Labute approximate surface area is 156 Å². The van der Waals surface area contributed by atoms with Crippen molar-refractivity contribution in [2.24, 2.45) is 0 Å². The fraction of sp³-hybridized carbons (Fsp3) is 0.650. The number of likely N-dealkylation sites (tertiary alicyclic amines) is 1. The van der Waals surface area contributed by atoms with Crippen LogP contribution < -0.4 is 14.8 Å². The third-order valence-corrected chi connectivity index (χ3v) is 4.54. The van der Waals surface area contributed by atoms with E-state index in [1.807, 2.05) is 50.8 Å². The van der Waals surface area contributed by atoms with Gasteiger partial charge < -0.3 is 24.4 Å². The van der Waals surface area contributed by atoms with Crippen molar-refractivity contribution in [3.63, 3.8) is 0 Å². The predicted octanol–water partition coefficient (Wildman–Crippen LogP) is 3.76. The second kappa shape index (κ2) is 10.3. The van der Waals surface area contributed by atoms with Gasteiger partial charge in [0.25, 0.3) is 0 Å². The van der Waals surface area contributed by atoms with Crippen LogP contribution in [0, 0.1) is 0 Å². The van der Waals surface area contributed by atoms with Gasteiger partial charge >= 0.3 is 6.03 Å². The maximum atomic E-state index is 12.5. The summed E-state index contributed by atoms with van der Waals surface area (Å²) in [5.41, 5.74) is 0.995. The lowest BCUT2D eigenvalue weighted by Crippen LogP contribution is -2.46. The summed E-state index contributed by atoms with van der Waals surface area (Å²) >= 11 is 0. The van der Waals surface area contributed by atoms with E-state index in [0.717, 1.165) is 43.9 Å². The number of nitrogens with one attached hydrogen (secondary N) is 1. The molecule has 2 rings (SSSR count). The second-order valence-corrected chi connectivity index (χ2v) is 6.39. The number of amides is 2. The van der Waals surface area contributed by atoms with Crippen molar-refractivity contribution in [1.82, 2.24) is 10.2 Å². The van der Waals surface area contributed by atoms with Crippen molar-refractivity contribution in [1.29, 1.82) is 0 Å². The lowest BCUT2D eigenvalue weighted by molar-refractivity contribution is 0.0218. The molecule has 1 atom stereocenters. The highest BCUT2D eigenvalue weighted by Gasteiger charge is 2.24. The first-order valence-corrected chi connectivity index (χ1v) is 9.65. The molecule has 6 nitrogen and oxygen atoms in total. The van der Waals surface area contributed by atoms with Crippen LogP contribution in [0.4, 0.5) is 4.79 Å². The standard InChI is InChI=1S/C20H32N2O4/c1-5-24-17-10-12-22(13-11-17)20(23)21-15(4)16-8-9-18(25-6-2)19(14-16)26-7-3/h8-9,14-15,17H,5-7,10-13H2,1-4H3,(H,21,23). The van der Waals surface area contributed by atoms with Gasteiger partial charge in [0.15, 0.2) is 11.5 Å². The summed E-state index contributed by atoms with van der Waals surface area (Å²) in [7, 11) is 0. The fourth-order valence-corrected chi connectivity index (χ4v) is 3.16. The van der Waals surface area contributed by atoms with Crippen molar-refractivity contribution in [2.45, 2.75) is 52.7 Å². The van der Waals surface area contributed by atoms with E-state index in [-0.39, 0.29) is 18.2 Å². The van der Waals surface area contributed by atoms with Crippen LogP contribution in [0.1, 0.15) is 52.1 Å². The Morgan fingerprint density at radius 2 is 1.77 bits per heavy atom. The highest BCUT2D eigenvalue weighted by molar-refractivity contribution is 5.74. The minimum absolute atomic E-state index is 0.0284. The van der Waals surface area contributed by atoms with Crippen LogP contribution in [0.25, 0.3) is 0 Å². The zero-order valence-corrected chi connectivity index (χ0v) is 16.4. The molecule has 1 aromatic rings. The van der Waals surface area contributed by atoms with Gasteiger partial charge in [-0.3, -0.25) is 0 Å². The number of rotatable bonds is 8. The quantitative estimate of drug-likeness (QED) is 0.763. The number of hydrogen-bond acceptors (Lipinski definition) is 4. The van der Waals surface area contributed by atoms with E-state index in [0.29, 0.717) is 19.0 Å². The third kappa shape index (κ3) is 5.53. The summed E-state index contributed by atoms with van der Waals surface area (Å²) in [5.74, 6) is 1.44. The molecule has 1 fully saturated rings. The van der Waals surface area contributed by atoms with Gasteiger partial charge in [-0.25, -0.2) is 4.79 Å². The summed E-state index contributed by atoms with van der Waals surface area (Å²) in [6.45, 7) is 11.2. The zero-order chi connectivity index (χ0) is 18.9. The molecule has 6 heteroatoms. The van der Waals surface area contributed by atoms with E-state index >= 15 is 0 Å². The molecule has 1 aromatic carbocycles. The molecule has 0 spiro atoms. The monoisotopic (exact) mass is 364 g/mol. The Kier molecular flexibility index (Phi) is 8.04. The zero-order valence-electron chi connectivity index (χ0n) is 16.4. The van der Waals surface area contributed by atoms with Crippen LogP contribution in [-0.4, -0.2) is 49.9 Å². The van der Waals surface area contributed by atoms with E-state index in [9.17, 15) is 4.79 Å². The van der Waals surface area contributed by atoms with Crippen molar-refractivity contribution in [3.8, 4) is 11.5 Å². The number of piperidine rings is 1. The molecule has 1 aliphatic heterocycles. The molecular weight excluding hydrogens is 332 g/mol. The van der Waals surface area contributed by atoms with Crippen LogP contribution >= 0.6 is 0 Å². The van der Waals surface area contributed by atoms with Crippen LogP contribution in [0.3, 0.4) is 0 Å². The fourth-order valence-electron chi connectivity index (χ4n) is 3.16. The Morgan fingerprint density at radius 3 is 2.38 bits per heavy atom. The Bertz CT molecular complexity index is 571. The molecule has 0 saturated carbocycles. The van der Waals surface area contributed by atoms with Gasteiger partial charge in [-0.1, -0.05) is 6.07 Å². The summed E-state index contributed by atoms with van der Waals surface area (Å²) in [4.78, 5) is 14.4. The number of urea groups is 1. The van der Waals surface area contributed by atoms with Gasteiger partial charge in [-0.2, -0.15) is 0 Å². The number of carbonyl (C=O) groups is 1. The lowest BCUT2D eigenvalue weighted by Gasteiger charge is -2.32. The topological polar surface area (TPSA) is 60.0 Å². The third-order valence-electron chi connectivity index (χ3n) is 4.54. The molecule has 0 radical (unpaired) electrons. The molecule has 2 amide bonds. The SMILES string of the molecule is CCOc1ccc(C(C)NC(=O)N2CCC(OCC)CC2)cc1OCC. The van der Waals surface area contributed by atoms with Gasteiger partial charge in [-0.05, 0) is 58.2 Å². The lowest BCUT2D eigenvalue weighted by atomic mass is 10.1. The highest BCUT2D eigenvalue weighted by atomic mass is 16.5. The van der Waals surface area contributed by atoms with Crippen molar-refractivity contribution in [2.75, 3.05) is 32.9 Å². The van der Waals surface area contributed by atoms with Crippen LogP contribution in [0.15, 0.2) is 18.2 Å². The smallest absolute Gasteiger partial charge is 0.317 e. The number of nitrogens with zero attached hydrogens (tertiary/aromatic N) is 1. The van der Waals surface area contributed by atoms with Crippen LogP contribution in [0.2, 0.25) is 0 Å². The Balaban J connectivity index is 1.95. The summed E-state index contributed by atoms with van der Waals surface area (Å²) in [6.07, 6.45) is 2.07. The second-order valence-electron chi connectivity index (χ2n) is 6.39. The minimum atomic E-state index is -0.109. The summed E-state index contributed by atoms with van der Waals surface area (Å²) in [5, 5.41) is 3.08. The molecule has 146 valence electrons. The van der Waals surface area contributed by atoms with E-state index in [1.54, 1.807) is 0 Å². The predicted molar refractivity (Wildman–Crippen MR) is 102 cm³/mol. The number of ether oxygens (including phenoxy) is 3. The molecule has 1 heterocycles. The van der Waals surface area contributed by atoms with E-state index in [2.05, 4.69) is 5.32 Å². The van der Waals surface area contributed by atoms with E-state index in [1.165, 1.54) is 0 Å².